The number of rotatable bonds is 0. The Balaban J connectivity index is -0.0000000300. The van der Waals surface area contributed by atoms with E-state index >= 15 is 0 Å². The topological polar surface area (TPSA) is 52.0 Å². The summed E-state index contributed by atoms with van der Waals surface area (Å²) in [6, 6.07) is 0. The Morgan fingerprint density at radius 2 is 1.00 bits per heavy atom. The molecule has 0 aromatic rings. The number of hydrogen-bond acceptors (Lipinski definition) is 4. The van der Waals surface area contributed by atoms with E-state index in [-0.39, 0.29) is 45.2 Å². The monoisotopic (exact) mass is 303 g/mol. The van der Waals surface area contributed by atoms with Crippen molar-refractivity contribution in [3.63, 3.8) is 0 Å². The van der Waals surface area contributed by atoms with Gasteiger partial charge in [-0.1, -0.05) is 8.64 Å². The van der Waals surface area contributed by atoms with Crippen molar-refractivity contribution in [3.05, 3.63) is 0 Å². The molecule has 55 valence electrons. The van der Waals surface area contributed by atoms with Gasteiger partial charge in [-0.2, -0.15) is 0 Å². The van der Waals surface area contributed by atoms with Gasteiger partial charge >= 0.3 is 17.1 Å². The summed E-state index contributed by atoms with van der Waals surface area (Å²) in [4.78, 5) is 0. The van der Waals surface area contributed by atoms with Crippen molar-refractivity contribution in [2.75, 3.05) is 0 Å². The molecule has 0 bridgehead atoms. The van der Waals surface area contributed by atoms with Crippen LogP contribution in [0, 0.1) is 0 Å². The van der Waals surface area contributed by atoms with Crippen LogP contribution in [0.25, 0.3) is 0 Å². The molecule has 0 amide bonds. The molecule has 0 atom stereocenters. The number of nitrogens with two attached hydrogens (primary N) is 2. The second kappa shape index (κ2) is 16.8. The van der Waals surface area contributed by atoms with E-state index in [1.807, 2.05) is 0 Å². The molecule has 0 unspecified atom stereocenters. The summed E-state index contributed by atoms with van der Waals surface area (Å²) < 4.78 is 0.167. The summed E-state index contributed by atoms with van der Waals surface area (Å²) in [5, 5.41) is 0. The molecule has 2 nitrogen and oxygen atoms in total. The van der Waals surface area contributed by atoms with Gasteiger partial charge in [0.25, 0.3) is 0 Å². The fourth-order valence-corrected chi connectivity index (χ4v) is 0. The molecule has 0 aromatic heterocycles. The van der Waals surface area contributed by atoms with Crippen LogP contribution in [0.1, 0.15) is 0 Å². The molecule has 0 saturated carbocycles. The molecule has 0 aromatic carbocycles. The average Bonchev–Trinajstić information content (AvgIpc) is 1.25. The second-order valence-electron chi connectivity index (χ2n) is 0.638. The minimum atomic E-state index is 0. The van der Waals surface area contributed by atoms with Crippen LogP contribution in [0.2, 0.25) is 0 Å². The predicted molar refractivity (Wildman–Crippen MR) is 48.3 cm³/mol. The van der Waals surface area contributed by atoms with Crippen LogP contribution in [0.4, 0.5) is 0 Å². The first-order valence-electron chi connectivity index (χ1n) is 1.39. The minimum Gasteiger partial charge on any atom is -0.415 e. The molecular weight excluding hydrogens is 301 g/mol. The van der Waals surface area contributed by atoms with E-state index in [0.717, 1.165) is 0 Å². The fraction of sp³-hybridized carbons (Fsp3) is 0. The van der Waals surface area contributed by atoms with Gasteiger partial charge in [-0.3, -0.25) is 0 Å². The van der Waals surface area contributed by atoms with E-state index in [2.05, 4.69) is 61.2 Å². The zero-order chi connectivity index (χ0) is 7.15. The minimum absolute atomic E-state index is 0. The maximum Gasteiger partial charge on any atom is 2.00 e. The standard InChI is InChI=1S/2CH3NS2.Mn.Zn/c2*2-1(3)4;;/h2*(H3,2,3,4);;/q;;+2;/p-2. The van der Waals surface area contributed by atoms with Gasteiger partial charge in [0.1, 0.15) is 0 Å². The van der Waals surface area contributed by atoms with Gasteiger partial charge in [-0.25, -0.2) is 0 Å². The summed E-state index contributed by atoms with van der Waals surface area (Å²) in [7, 11) is 0. The summed E-state index contributed by atoms with van der Waals surface area (Å²) in [6.45, 7) is 0. The third-order valence-electron chi connectivity index (χ3n) is 0. The molecule has 10 heavy (non-hydrogen) atoms. The number of hydrogen-bond donors (Lipinski definition) is 2. The Morgan fingerprint density at radius 3 is 1.00 bits per heavy atom. The van der Waals surface area contributed by atoms with Gasteiger partial charge < -0.3 is 61.2 Å². The Kier molecular flexibility index (Phi) is 37.7. The second-order valence-corrected chi connectivity index (χ2v) is 2.91. The third-order valence-corrected chi connectivity index (χ3v) is 0. The van der Waals surface area contributed by atoms with E-state index in [4.69, 9.17) is 0 Å². The quantitative estimate of drug-likeness (QED) is 0.359. The zero-order valence-corrected chi connectivity index (χ0v) is 12.3. The fourth-order valence-electron chi connectivity index (χ4n) is 0. The van der Waals surface area contributed by atoms with Gasteiger partial charge in [-0.05, 0) is 0 Å². The largest absolute Gasteiger partial charge is 2.00 e. The molecule has 8 heteroatoms. The van der Waals surface area contributed by atoms with Crippen LogP contribution in [0.5, 0.6) is 0 Å². The predicted octanol–water partition coefficient (Wildman–Crippen LogP) is -0.451. The summed E-state index contributed by atoms with van der Waals surface area (Å²) >= 11 is 16.5. The Bertz CT molecular complexity index is 79.3. The molecule has 0 fully saturated rings. The molecule has 0 spiro atoms. The maximum absolute atomic E-state index is 4.66. The van der Waals surface area contributed by atoms with E-state index in [0.29, 0.717) is 0 Å². The SMILES string of the molecule is NC(=S)[S-].NC(=S)[S-].[Mn+2].[Zn]. The van der Waals surface area contributed by atoms with Gasteiger partial charge in [0.05, 0.1) is 0 Å². The Hall–Kier alpha value is 1.36. The first kappa shape index (κ1) is 22.5. The van der Waals surface area contributed by atoms with E-state index < -0.39 is 0 Å². The Morgan fingerprint density at radius 1 is 1.00 bits per heavy atom. The average molecular weight is 305 g/mol. The van der Waals surface area contributed by atoms with Gasteiger partial charge in [0.15, 0.2) is 0 Å². The zero-order valence-electron chi connectivity index (χ0n) is 4.87. The van der Waals surface area contributed by atoms with Gasteiger partial charge in [0, 0.05) is 19.5 Å². The molecular formula is C2H4MnN2S4Zn. The first-order chi connectivity index (χ1) is 3.46. The molecule has 4 N–H and O–H groups in total. The van der Waals surface area contributed by atoms with Crippen molar-refractivity contribution in [3.8, 4) is 0 Å². The van der Waals surface area contributed by atoms with Crippen molar-refractivity contribution in [2.24, 2.45) is 11.5 Å². The molecule has 0 aliphatic heterocycles. The summed E-state index contributed by atoms with van der Waals surface area (Å²) in [6.07, 6.45) is 0. The van der Waals surface area contributed by atoms with Crippen molar-refractivity contribution < 1.29 is 36.5 Å². The maximum atomic E-state index is 4.66. The van der Waals surface area contributed by atoms with Crippen molar-refractivity contribution in [1.82, 2.24) is 0 Å². The van der Waals surface area contributed by atoms with E-state index in [9.17, 15) is 0 Å². The summed E-state index contributed by atoms with van der Waals surface area (Å²) in [5.41, 5.74) is 9.31. The van der Waals surface area contributed by atoms with Crippen LogP contribution < -0.4 is 11.5 Å². The Labute approximate surface area is 105 Å². The van der Waals surface area contributed by atoms with Crippen molar-refractivity contribution in [1.29, 1.82) is 0 Å². The van der Waals surface area contributed by atoms with E-state index in [1.165, 1.54) is 0 Å². The summed E-state index contributed by atoms with van der Waals surface area (Å²) in [5.74, 6) is 0. The van der Waals surface area contributed by atoms with Crippen molar-refractivity contribution >= 4 is 58.3 Å². The number of thiocarbonyl (C=S) groups is 2. The van der Waals surface area contributed by atoms with Gasteiger partial charge in [-0.15, -0.1) is 0 Å². The van der Waals surface area contributed by atoms with Crippen LogP contribution in [-0.2, 0) is 61.8 Å². The molecule has 0 aliphatic rings. The van der Waals surface area contributed by atoms with E-state index in [1.54, 1.807) is 0 Å². The molecule has 1 radical (unpaired) electrons. The van der Waals surface area contributed by atoms with Crippen LogP contribution >= 0.6 is 24.4 Å². The molecule has 0 saturated heterocycles. The smallest absolute Gasteiger partial charge is 0.415 e. The van der Waals surface area contributed by atoms with Crippen LogP contribution in [-0.4, -0.2) is 8.64 Å². The molecule has 0 rings (SSSR count). The first-order valence-corrected chi connectivity index (χ1v) is 3.03. The molecule has 0 heterocycles. The molecule has 0 aliphatic carbocycles. The van der Waals surface area contributed by atoms with Crippen molar-refractivity contribution in [2.45, 2.75) is 0 Å². The van der Waals surface area contributed by atoms with Gasteiger partial charge in [0.2, 0.25) is 0 Å². The van der Waals surface area contributed by atoms with Crippen LogP contribution in [0.15, 0.2) is 0 Å². The normalized spacial score (nSPS) is 4.80. The van der Waals surface area contributed by atoms with Crippen LogP contribution in [0.3, 0.4) is 0 Å². The third kappa shape index (κ3) is 353.